The zero-order valence-electron chi connectivity index (χ0n) is 11.1. The third-order valence-corrected chi connectivity index (χ3v) is 3.23. The molecule has 0 aromatic carbocycles. The first-order valence-corrected chi connectivity index (χ1v) is 6.25. The first-order chi connectivity index (χ1) is 8.54. The van der Waals surface area contributed by atoms with Crippen LogP contribution in [0.5, 0.6) is 0 Å². The van der Waals surface area contributed by atoms with Gasteiger partial charge in [-0.15, -0.1) is 0 Å². The van der Waals surface area contributed by atoms with Gasteiger partial charge >= 0.3 is 5.97 Å². The summed E-state index contributed by atoms with van der Waals surface area (Å²) in [6, 6.07) is 0.585. The summed E-state index contributed by atoms with van der Waals surface area (Å²) in [5.74, 6) is 0.0914. The van der Waals surface area contributed by atoms with Crippen LogP contribution >= 0.6 is 0 Å². The average molecular weight is 249 g/mol. The standard InChI is InChI=1S/C13H19N3O2/c1-4-16(10-5-6-10)13-11(7-8-12(17)18)9(2)14-15(13)3/h7-8,10H,4-6H2,1-3H3,(H,17,18)/b8-7+. The fraction of sp³-hybridized carbons (Fsp3) is 0.538. The minimum absolute atomic E-state index is 0.585. The van der Waals surface area contributed by atoms with Crippen LogP contribution in [0.2, 0.25) is 0 Å². The molecule has 1 N–H and O–H groups in total. The van der Waals surface area contributed by atoms with Crippen molar-refractivity contribution in [3.8, 4) is 0 Å². The number of anilines is 1. The summed E-state index contributed by atoms with van der Waals surface area (Å²) < 4.78 is 1.85. The number of carboxylic acid groups (broad SMARTS) is 1. The van der Waals surface area contributed by atoms with Crippen LogP contribution in [-0.2, 0) is 11.8 Å². The number of carboxylic acids is 1. The SMILES string of the molecule is CCN(c1c(/C=C/C(=O)O)c(C)nn1C)C1CC1. The third kappa shape index (κ3) is 2.39. The summed E-state index contributed by atoms with van der Waals surface area (Å²) in [7, 11) is 1.91. The highest BCUT2D eigenvalue weighted by molar-refractivity contribution is 5.87. The van der Waals surface area contributed by atoms with Crippen LogP contribution in [0.1, 0.15) is 31.0 Å². The molecule has 0 unspecified atom stereocenters. The van der Waals surface area contributed by atoms with Gasteiger partial charge in [-0.1, -0.05) is 0 Å². The van der Waals surface area contributed by atoms with Crippen LogP contribution in [0.15, 0.2) is 6.08 Å². The van der Waals surface area contributed by atoms with Crippen molar-refractivity contribution >= 4 is 17.9 Å². The number of aliphatic carboxylic acids is 1. The highest BCUT2D eigenvalue weighted by Gasteiger charge is 2.31. The predicted octanol–water partition coefficient (Wildman–Crippen LogP) is 1.82. The van der Waals surface area contributed by atoms with Crippen molar-refractivity contribution in [2.24, 2.45) is 7.05 Å². The summed E-state index contributed by atoms with van der Waals surface area (Å²) in [5, 5.41) is 13.2. The van der Waals surface area contributed by atoms with Crippen molar-refractivity contribution in [3.63, 3.8) is 0 Å². The Labute approximate surface area is 107 Å². The maximum absolute atomic E-state index is 10.7. The summed E-state index contributed by atoms with van der Waals surface area (Å²) in [4.78, 5) is 13.0. The van der Waals surface area contributed by atoms with Crippen LogP contribution in [0.3, 0.4) is 0 Å². The van der Waals surface area contributed by atoms with Gasteiger partial charge < -0.3 is 10.0 Å². The smallest absolute Gasteiger partial charge is 0.328 e. The molecule has 0 aliphatic heterocycles. The summed E-state index contributed by atoms with van der Waals surface area (Å²) in [5.41, 5.74) is 1.78. The Balaban J connectivity index is 2.41. The van der Waals surface area contributed by atoms with Gasteiger partial charge in [0.25, 0.3) is 0 Å². The first kappa shape index (κ1) is 12.7. The normalized spacial score (nSPS) is 15.3. The van der Waals surface area contributed by atoms with E-state index in [1.807, 2.05) is 18.7 Å². The molecule has 5 heteroatoms. The Morgan fingerprint density at radius 1 is 1.61 bits per heavy atom. The van der Waals surface area contributed by atoms with Gasteiger partial charge in [0.1, 0.15) is 5.82 Å². The molecule has 98 valence electrons. The molecular formula is C13H19N3O2. The van der Waals surface area contributed by atoms with Crippen LogP contribution in [0.4, 0.5) is 5.82 Å². The van der Waals surface area contributed by atoms with Gasteiger partial charge in [-0.2, -0.15) is 5.10 Å². The molecule has 1 fully saturated rings. The number of rotatable bonds is 5. The fourth-order valence-corrected chi connectivity index (χ4v) is 2.32. The Morgan fingerprint density at radius 2 is 2.28 bits per heavy atom. The molecular weight excluding hydrogens is 230 g/mol. The first-order valence-electron chi connectivity index (χ1n) is 6.25. The minimum Gasteiger partial charge on any atom is -0.478 e. The molecule has 0 saturated heterocycles. The van der Waals surface area contributed by atoms with E-state index in [2.05, 4.69) is 16.9 Å². The zero-order chi connectivity index (χ0) is 13.3. The summed E-state index contributed by atoms with van der Waals surface area (Å²) >= 11 is 0. The number of hydrogen-bond donors (Lipinski definition) is 1. The minimum atomic E-state index is -0.932. The van der Waals surface area contributed by atoms with Crippen molar-refractivity contribution < 1.29 is 9.90 Å². The molecule has 1 aliphatic rings. The van der Waals surface area contributed by atoms with E-state index < -0.39 is 5.97 Å². The Kier molecular flexibility index (Phi) is 3.41. The van der Waals surface area contributed by atoms with E-state index in [9.17, 15) is 4.79 Å². The zero-order valence-corrected chi connectivity index (χ0v) is 11.1. The molecule has 1 heterocycles. The van der Waals surface area contributed by atoms with Crippen molar-refractivity contribution in [2.75, 3.05) is 11.4 Å². The van der Waals surface area contributed by atoms with Gasteiger partial charge in [0, 0.05) is 31.3 Å². The lowest BCUT2D eigenvalue weighted by Crippen LogP contribution is -2.27. The average Bonchev–Trinajstić information content (AvgIpc) is 3.07. The van der Waals surface area contributed by atoms with Crippen molar-refractivity contribution in [1.82, 2.24) is 9.78 Å². The molecule has 1 aromatic rings. The summed E-state index contributed by atoms with van der Waals surface area (Å²) in [6.45, 7) is 4.94. The number of aromatic nitrogens is 2. The van der Waals surface area contributed by atoms with E-state index in [1.165, 1.54) is 18.9 Å². The molecule has 18 heavy (non-hydrogen) atoms. The van der Waals surface area contributed by atoms with Crippen LogP contribution < -0.4 is 4.90 Å². The van der Waals surface area contributed by atoms with Crippen LogP contribution in [-0.4, -0.2) is 33.4 Å². The third-order valence-electron chi connectivity index (χ3n) is 3.23. The maximum atomic E-state index is 10.7. The van der Waals surface area contributed by atoms with Gasteiger partial charge in [0.05, 0.1) is 5.69 Å². The van der Waals surface area contributed by atoms with Gasteiger partial charge in [0.2, 0.25) is 0 Å². The van der Waals surface area contributed by atoms with Gasteiger partial charge in [-0.25, -0.2) is 4.79 Å². The van der Waals surface area contributed by atoms with E-state index in [0.717, 1.165) is 23.6 Å². The second-order valence-corrected chi connectivity index (χ2v) is 4.64. The highest BCUT2D eigenvalue weighted by Crippen LogP contribution is 2.34. The molecule has 5 nitrogen and oxygen atoms in total. The molecule has 0 atom stereocenters. The molecule has 1 aliphatic carbocycles. The molecule has 0 radical (unpaired) electrons. The van der Waals surface area contributed by atoms with E-state index in [4.69, 9.17) is 5.11 Å². The fourth-order valence-electron chi connectivity index (χ4n) is 2.32. The lowest BCUT2D eigenvalue weighted by molar-refractivity contribution is -0.131. The molecule has 0 spiro atoms. The van der Waals surface area contributed by atoms with E-state index >= 15 is 0 Å². The lowest BCUT2D eigenvalue weighted by atomic mass is 10.2. The van der Waals surface area contributed by atoms with E-state index in [0.29, 0.717) is 6.04 Å². The highest BCUT2D eigenvalue weighted by atomic mass is 16.4. The number of hydrogen-bond acceptors (Lipinski definition) is 3. The molecule has 0 amide bonds. The largest absolute Gasteiger partial charge is 0.478 e. The molecule has 1 aromatic heterocycles. The lowest BCUT2D eigenvalue weighted by Gasteiger charge is -2.23. The van der Waals surface area contributed by atoms with E-state index in [-0.39, 0.29) is 0 Å². The number of nitrogens with zero attached hydrogens (tertiary/aromatic N) is 3. The van der Waals surface area contributed by atoms with Crippen molar-refractivity contribution in [2.45, 2.75) is 32.7 Å². The van der Waals surface area contributed by atoms with Crippen LogP contribution in [0.25, 0.3) is 6.08 Å². The monoisotopic (exact) mass is 249 g/mol. The quantitative estimate of drug-likeness (QED) is 0.809. The second kappa shape index (κ2) is 4.84. The Morgan fingerprint density at radius 3 is 2.78 bits per heavy atom. The Hall–Kier alpha value is -1.78. The van der Waals surface area contributed by atoms with E-state index in [1.54, 1.807) is 6.08 Å². The molecule has 1 saturated carbocycles. The van der Waals surface area contributed by atoms with Crippen LogP contribution in [0, 0.1) is 6.92 Å². The molecule has 0 bridgehead atoms. The topological polar surface area (TPSA) is 58.4 Å². The molecule has 2 rings (SSSR count). The predicted molar refractivity (Wildman–Crippen MR) is 70.7 cm³/mol. The second-order valence-electron chi connectivity index (χ2n) is 4.64. The number of aryl methyl sites for hydroxylation is 2. The van der Waals surface area contributed by atoms with Crippen molar-refractivity contribution in [3.05, 3.63) is 17.3 Å². The van der Waals surface area contributed by atoms with Gasteiger partial charge in [-0.3, -0.25) is 4.68 Å². The number of carbonyl (C=O) groups is 1. The van der Waals surface area contributed by atoms with Gasteiger partial charge in [-0.05, 0) is 32.8 Å². The van der Waals surface area contributed by atoms with Crippen molar-refractivity contribution in [1.29, 1.82) is 0 Å². The Bertz CT molecular complexity index is 487. The van der Waals surface area contributed by atoms with Gasteiger partial charge in [0.15, 0.2) is 0 Å². The summed E-state index contributed by atoms with van der Waals surface area (Å²) in [6.07, 6.45) is 5.24. The maximum Gasteiger partial charge on any atom is 0.328 e.